The van der Waals surface area contributed by atoms with Crippen LogP contribution in [0.3, 0.4) is 0 Å². The van der Waals surface area contributed by atoms with Crippen molar-refractivity contribution in [2.75, 3.05) is 18.5 Å². The molecule has 3 aliphatic heterocycles. The first-order chi connectivity index (χ1) is 21.3. The Morgan fingerprint density at radius 3 is 2.75 bits per heavy atom. The lowest BCUT2D eigenvalue weighted by Gasteiger charge is -2.40. The van der Waals surface area contributed by atoms with Crippen molar-refractivity contribution in [3.05, 3.63) is 93.0 Å². The van der Waals surface area contributed by atoms with Crippen molar-refractivity contribution in [1.29, 1.82) is 0 Å². The molecule has 2 fully saturated rings. The highest BCUT2D eigenvalue weighted by molar-refractivity contribution is 6.31. The predicted molar refractivity (Wildman–Crippen MR) is 167 cm³/mol. The molecule has 4 aliphatic rings. The van der Waals surface area contributed by atoms with Crippen LogP contribution in [-0.4, -0.2) is 50.4 Å². The normalized spacial score (nSPS) is 25.7. The number of benzene rings is 3. The zero-order valence-corrected chi connectivity index (χ0v) is 25.4. The van der Waals surface area contributed by atoms with Gasteiger partial charge in [0, 0.05) is 65.8 Å². The molecular weight excluding hydrogens is 602 g/mol. The SMILES string of the molecule is O=C(CCCO)c1ccc2c(c1)nc1n2CC[C@H]2[C@@H]1[C@H](c1cccc(Cl)c1F)[C@]1(C(=O)Nc3cc(Cl)ccc31)N2CC1CC1. The minimum atomic E-state index is -1.19. The van der Waals surface area contributed by atoms with Crippen LogP contribution in [0.2, 0.25) is 10.0 Å². The summed E-state index contributed by atoms with van der Waals surface area (Å²) in [6, 6.07) is 16.0. The van der Waals surface area contributed by atoms with Gasteiger partial charge in [-0.3, -0.25) is 14.5 Å². The molecule has 1 spiro atoms. The molecule has 4 heterocycles. The van der Waals surface area contributed by atoms with E-state index < -0.39 is 17.3 Å². The summed E-state index contributed by atoms with van der Waals surface area (Å²) in [4.78, 5) is 34.9. The molecule has 2 N–H and O–H groups in total. The molecule has 0 bridgehead atoms. The zero-order valence-electron chi connectivity index (χ0n) is 23.9. The molecule has 0 unspecified atom stereocenters. The predicted octanol–water partition coefficient (Wildman–Crippen LogP) is 6.65. The number of fused-ring (bicyclic) bond motifs is 7. The van der Waals surface area contributed by atoms with Gasteiger partial charge in [0.05, 0.1) is 16.1 Å². The quantitative estimate of drug-likeness (QED) is 0.223. The number of aryl methyl sites for hydroxylation is 1. The third-order valence-electron chi connectivity index (χ3n) is 10.1. The van der Waals surface area contributed by atoms with Crippen LogP contribution in [0.4, 0.5) is 10.1 Å². The van der Waals surface area contributed by atoms with E-state index in [0.717, 1.165) is 42.7 Å². The van der Waals surface area contributed by atoms with Crippen molar-refractivity contribution in [1.82, 2.24) is 14.5 Å². The molecule has 1 aromatic heterocycles. The number of likely N-dealkylation sites (tertiary alicyclic amines) is 1. The molecule has 8 rings (SSSR count). The number of hydrogen-bond acceptors (Lipinski definition) is 5. The van der Waals surface area contributed by atoms with E-state index in [4.69, 9.17) is 28.2 Å². The number of aliphatic hydroxyl groups is 1. The summed E-state index contributed by atoms with van der Waals surface area (Å²) in [7, 11) is 0. The second-order valence-electron chi connectivity index (χ2n) is 12.6. The van der Waals surface area contributed by atoms with E-state index in [1.54, 1.807) is 24.3 Å². The van der Waals surface area contributed by atoms with Crippen LogP contribution in [0.5, 0.6) is 0 Å². The summed E-state index contributed by atoms with van der Waals surface area (Å²) in [5, 5.41) is 12.9. The lowest BCUT2D eigenvalue weighted by molar-refractivity contribution is -0.128. The molecule has 1 aliphatic carbocycles. The summed E-state index contributed by atoms with van der Waals surface area (Å²) in [5.74, 6) is -0.463. The van der Waals surface area contributed by atoms with E-state index in [0.29, 0.717) is 46.2 Å². The molecule has 226 valence electrons. The molecule has 10 heteroatoms. The maximum Gasteiger partial charge on any atom is 0.250 e. The molecule has 1 amide bonds. The Labute approximate surface area is 264 Å². The number of carbonyl (C=O) groups excluding carboxylic acids is 2. The number of nitrogens with one attached hydrogen (secondary N) is 1. The van der Waals surface area contributed by atoms with Gasteiger partial charge in [-0.15, -0.1) is 0 Å². The van der Waals surface area contributed by atoms with Gasteiger partial charge in [0.2, 0.25) is 5.91 Å². The van der Waals surface area contributed by atoms with E-state index in [2.05, 4.69) is 14.8 Å². The fourth-order valence-corrected chi connectivity index (χ4v) is 8.51. The fraction of sp³-hybridized carbons (Fsp3) is 0.382. The van der Waals surface area contributed by atoms with Crippen LogP contribution in [0, 0.1) is 11.7 Å². The Morgan fingerprint density at radius 1 is 1.11 bits per heavy atom. The first kappa shape index (κ1) is 28.2. The van der Waals surface area contributed by atoms with Crippen molar-refractivity contribution < 1.29 is 19.1 Å². The van der Waals surface area contributed by atoms with Gasteiger partial charge in [-0.1, -0.05) is 41.4 Å². The lowest BCUT2D eigenvalue weighted by Crippen LogP contribution is -2.53. The number of rotatable bonds is 7. The third kappa shape index (κ3) is 4.04. The summed E-state index contributed by atoms with van der Waals surface area (Å²) < 4.78 is 18.4. The molecule has 3 aromatic carbocycles. The first-order valence-electron chi connectivity index (χ1n) is 15.3. The van der Waals surface area contributed by atoms with Crippen LogP contribution >= 0.6 is 23.2 Å². The van der Waals surface area contributed by atoms with Crippen molar-refractivity contribution in [2.45, 2.75) is 62.1 Å². The van der Waals surface area contributed by atoms with Crippen LogP contribution in [0.25, 0.3) is 11.0 Å². The molecular formula is C34H31Cl2FN4O3. The summed E-state index contributed by atoms with van der Waals surface area (Å²) in [6.07, 6.45) is 3.61. The fourth-order valence-electron chi connectivity index (χ4n) is 8.15. The Kier molecular flexibility index (Phi) is 6.65. The smallest absolute Gasteiger partial charge is 0.250 e. The summed E-state index contributed by atoms with van der Waals surface area (Å²) in [5.41, 5.74) is 2.79. The van der Waals surface area contributed by atoms with Crippen LogP contribution in [0.1, 0.15) is 71.2 Å². The number of halogens is 3. The number of anilines is 1. The Balaban J connectivity index is 1.37. The third-order valence-corrected chi connectivity index (χ3v) is 10.7. The molecule has 1 saturated heterocycles. The van der Waals surface area contributed by atoms with E-state index in [1.807, 2.05) is 24.3 Å². The highest BCUT2D eigenvalue weighted by Crippen LogP contribution is 2.64. The number of aromatic nitrogens is 2. The minimum absolute atomic E-state index is 0.0138. The lowest BCUT2D eigenvalue weighted by atomic mass is 9.70. The van der Waals surface area contributed by atoms with Gasteiger partial charge in [0.15, 0.2) is 5.78 Å². The number of nitrogens with zero attached hydrogens (tertiary/aromatic N) is 3. The number of imidazole rings is 1. The van der Waals surface area contributed by atoms with Gasteiger partial charge in [-0.2, -0.15) is 0 Å². The molecule has 1 saturated carbocycles. The van der Waals surface area contributed by atoms with E-state index in [9.17, 15) is 14.7 Å². The molecule has 44 heavy (non-hydrogen) atoms. The van der Waals surface area contributed by atoms with Gasteiger partial charge < -0.3 is 15.0 Å². The van der Waals surface area contributed by atoms with Gasteiger partial charge in [0.1, 0.15) is 17.2 Å². The summed E-state index contributed by atoms with van der Waals surface area (Å²) >= 11 is 12.8. The van der Waals surface area contributed by atoms with Crippen LogP contribution < -0.4 is 5.32 Å². The zero-order chi connectivity index (χ0) is 30.3. The topological polar surface area (TPSA) is 87.5 Å². The standard InChI is InChI=1S/C34H31Cl2FN4O3/c35-20-9-10-22-24(16-20)39-33(44)34(22)30(21-3-1-4-23(36)31(21)37)29-27(41(34)17-18-6-7-18)12-13-40-26-11-8-19(28(43)5-2-14-42)15-25(26)38-32(29)40/h1,3-4,8-11,15-16,18,27,29-30,42H,2,5-7,12-14,17H2,(H,39,44)/t27-,29+,30-,34+/m0/s1. The van der Waals surface area contributed by atoms with Crippen LogP contribution in [0.15, 0.2) is 54.6 Å². The number of ketones is 1. The Morgan fingerprint density at radius 2 is 1.95 bits per heavy atom. The highest BCUT2D eigenvalue weighted by atomic mass is 35.5. The van der Waals surface area contributed by atoms with Gasteiger partial charge in [-0.05, 0) is 73.6 Å². The molecule has 0 radical (unpaired) electrons. The largest absolute Gasteiger partial charge is 0.396 e. The Hall–Kier alpha value is -3.30. The van der Waals surface area contributed by atoms with E-state index in [1.165, 1.54) is 6.07 Å². The average Bonchev–Trinajstić information content (AvgIpc) is 3.60. The minimum Gasteiger partial charge on any atom is -0.396 e. The van der Waals surface area contributed by atoms with Crippen molar-refractivity contribution in [3.8, 4) is 0 Å². The Bertz CT molecular complexity index is 1860. The highest BCUT2D eigenvalue weighted by Gasteiger charge is 2.69. The second kappa shape index (κ2) is 10.4. The molecule has 4 aromatic rings. The van der Waals surface area contributed by atoms with Gasteiger partial charge in [-0.25, -0.2) is 9.37 Å². The average molecular weight is 634 g/mol. The number of amides is 1. The number of hydrogen-bond donors (Lipinski definition) is 2. The van der Waals surface area contributed by atoms with Crippen molar-refractivity contribution in [3.63, 3.8) is 0 Å². The maximum atomic E-state index is 16.3. The number of carbonyl (C=O) groups is 2. The van der Waals surface area contributed by atoms with Gasteiger partial charge in [0.25, 0.3) is 0 Å². The maximum absolute atomic E-state index is 16.3. The van der Waals surface area contributed by atoms with E-state index >= 15 is 4.39 Å². The molecule has 4 atom stereocenters. The first-order valence-corrected chi connectivity index (χ1v) is 16.0. The monoisotopic (exact) mass is 632 g/mol. The summed E-state index contributed by atoms with van der Waals surface area (Å²) in [6.45, 7) is 1.36. The van der Waals surface area contributed by atoms with Crippen LogP contribution in [-0.2, 0) is 16.9 Å². The van der Waals surface area contributed by atoms with Gasteiger partial charge >= 0.3 is 0 Å². The number of Topliss-reactive ketones (excluding diaryl/α,β-unsaturated/α-hetero) is 1. The second-order valence-corrected chi connectivity index (χ2v) is 13.4. The number of aliphatic hydroxyl groups excluding tert-OH is 1. The van der Waals surface area contributed by atoms with Crippen molar-refractivity contribution in [2.24, 2.45) is 5.92 Å². The van der Waals surface area contributed by atoms with Crippen molar-refractivity contribution >= 4 is 51.6 Å². The molecule has 7 nitrogen and oxygen atoms in total. The van der Waals surface area contributed by atoms with E-state index in [-0.39, 0.29) is 41.7 Å².